The van der Waals surface area contributed by atoms with E-state index in [0.29, 0.717) is 23.3 Å². The Bertz CT molecular complexity index is 935. The van der Waals surface area contributed by atoms with Crippen molar-refractivity contribution in [2.75, 3.05) is 12.0 Å². The lowest BCUT2D eigenvalue weighted by Gasteiger charge is -2.17. The maximum atomic E-state index is 13.2. The van der Waals surface area contributed by atoms with Gasteiger partial charge < -0.3 is 9.73 Å². The second-order valence-electron chi connectivity index (χ2n) is 5.83. The van der Waals surface area contributed by atoms with Crippen molar-refractivity contribution in [2.24, 2.45) is 0 Å². The fourth-order valence-corrected chi connectivity index (χ4v) is 3.56. The molecular formula is C18H18FNO3S. The first-order valence-corrected chi connectivity index (χ1v) is 9.61. The van der Waals surface area contributed by atoms with Crippen molar-refractivity contribution >= 4 is 20.8 Å². The largest absolute Gasteiger partial charge is 0.460 e. The highest BCUT2D eigenvalue weighted by Gasteiger charge is 2.17. The molecule has 2 aromatic carbocycles. The van der Waals surface area contributed by atoms with Crippen molar-refractivity contribution < 1.29 is 17.2 Å². The molecule has 0 aliphatic carbocycles. The van der Waals surface area contributed by atoms with E-state index in [9.17, 15) is 12.8 Å². The molecule has 0 spiro atoms. The Morgan fingerprint density at radius 3 is 2.58 bits per heavy atom. The summed E-state index contributed by atoms with van der Waals surface area (Å²) in [4.78, 5) is 0. The number of rotatable bonds is 6. The Hall–Kier alpha value is -2.18. The van der Waals surface area contributed by atoms with Gasteiger partial charge in [0.2, 0.25) is 0 Å². The molecule has 1 N–H and O–H groups in total. The molecule has 0 aliphatic rings. The van der Waals surface area contributed by atoms with Gasteiger partial charge in [0, 0.05) is 17.7 Å². The van der Waals surface area contributed by atoms with Crippen molar-refractivity contribution in [3.8, 4) is 0 Å². The maximum absolute atomic E-state index is 13.2. The van der Waals surface area contributed by atoms with Gasteiger partial charge in [0.15, 0.2) is 0 Å². The van der Waals surface area contributed by atoms with E-state index < -0.39 is 9.84 Å². The van der Waals surface area contributed by atoms with Crippen LogP contribution in [-0.2, 0) is 16.4 Å². The zero-order chi connectivity index (χ0) is 17.2. The second kappa shape index (κ2) is 6.75. The molecule has 1 aromatic heterocycles. The zero-order valence-corrected chi connectivity index (χ0v) is 14.0. The molecule has 24 heavy (non-hydrogen) atoms. The Morgan fingerprint density at radius 2 is 1.88 bits per heavy atom. The molecule has 0 fully saturated rings. The van der Waals surface area contributed by atoms with Gasteiger partial charge >= 0.3 is 0 Å². The van der Waals surface area contributed by atoms with Gasteiger partial charge in [-0.1, -0.05) is 30.3 Å². The highest BCUT2D eigenvalue weighted by molar-refractivity contribution is 7.90. The van der Waals surface area contributed by atoms with Gasteiger partial charge in [-0.25, -0.2) is 12.8 Å². The molecule has 6 heteroatoms. The Labute approximate surface area is 140 Å². The summed E-state index contributed by atoms with van der Waals surface area (Å²) < 4.78 is 42.3. The van der Waals surface area contributed by atoms with Gasteiger partial charge in [0.1, 0.15) is 27.0 Å². The first kappa shape index (κ1) is 16.7. The average molecular weight is 347 g/mol. The highest BCUT2D eigenvalue weighted by Crippen LogP contribution is 2.21. The fraction of sp³-hybridized carbons (Fsp3) is 0.222. The Balaban J connectivity index is 1.79. The Morgan fingerprint density at radius 1 is 1.12 bits per heavy atom. The van der Waals surface area contributed by atoms with E-state index in [0.717, 1.165) is 5.56 Å². The molecule has 1 heterocycles. The third-order valence-corrected chi connectivity index (χ3v) is 4.66. The van der Waals surface area contributed by atoms with Crippen molar-refractivity contribution in [1.29, 1.82) is 0 Å². The number of hydrogen-bond acceptors (Lipinski definition) is 4. The van der Waals surface area contributed by atoms with Crippen molar-refractivity contribution in [3.05, 3.63) is 71.7 Å². The smallest absolute Gasteiger partial charge is 0.149 e. The van der Waals surface area contributed by atoms with Crippen LogP contribution in [0.3, 0.4) is 0 Å². The molecule has 0 radical (unpaired) electrons. The molecule has 0 aliphatic heterocycles. The Kier molecular flexibility index (Phi) is 4.69. The third kappa shape index (κ3) is 4.21. The number of benzene rings is 2. The summed E-state index contributed by atoms with van der Waals surface area (Å²) in [5, 5.41) is 3.90. The summed E-state index contributed by atoms with van der Waals surface area (Å²) in [7, 11) is -3.15. The van der Waals surface area contributed by atoms with Crippen molar-refractivity contribution in [1.82, 2.24) is 5.32 Å². The standard InChI is InChI=1S/C18H18FNO3S/c1-24(21,22)12-17(13-5-3-2-4-6-13)20-11-16-10-14-9-15(19)7-8-18(14)23-16/h2-10,17,20H,11-12H2,1H3/t17-/m0/s1. The van der Waals surface area contributed by atoms with Gasteiger partial charge in [0.25, 0.3) is 0 Å². The summed E-state index contributed by atoms with van der Waals surface area (Å²) in [6, 6.07) is 15.2. The number of fused-ring (bicyclic) bond motifs is 1. The molecule has 3 aromatic rings. The minimum Gasteiger partial charge on any atom is -0.460 e. The van der Waals surface area contributed by atoms with Crippen LogP contribution in [-0.4, -0.2) is 20.4 Å². The van der Waals surface area contributed by atoms with E-state index in [1.807, 2.05) is 30.3 Å². The van der Waals surface area contributed by atoms with Gasteiger partial charge in [-0.2, -0.15) is 0 Å². The SMILES string of the molecule is CS(=O)(=O)C[C@H](NCc1cc2cc(F)ccc2o1)c1ccccc1. The summed E-state index contributed by atoms with van der Waals surface area (Å²) in [6.45, 7) is 0.353. The molecular weight excluding hydrogens is 329 g/mol. The van der Waals surface area contributed by atoms with Crippen LogP contribution in [0.15, 0.2) is 59.0 Å². The zero-order valence-electron chi connectivity index (χ0n) is 13.2. The van der Waals surface area contributed by atoms with E-state index in [4.69, 9.17) is 4.42 Å². The van der Waals surface area contributed by atoms with Crippen LogP contribution in [0.5, 0.6) is 0 Å². The van der Waals surface area contributed by atoms with Crippen LogP contribution in [0.2, 0.25) is 0 Å². The maximum Gasteiger partial charge on any atom is 0.149 e. The van der Waals surface area contributed by atoms with Crippen LogP contribution in [0.1, 0.15) is 17.4 Å². The summed E-state index contributed by atoms with van der Waals surface area (Å²) in [5.74, 6) is 0.304. The molecule has 0 saturated carbocycles. The van der Waals surface area contributed by atoms with Crippen molar-refractivity contribution in [2.45, 2.75) is 12.6 Å². The predicted octanol–water partition coefficient (Wildman–Crippen LogP) is 3.45. The van der Waals surface area contributed by atoms with Crippen LogP contribution < -0.4 is 5.32 Å². The minimum atomic E-state index is -3.15. The van der Waals surface area contributed by atoms with Crippen LogP contribution in [0.4, 0.5) is 4.39 Å². The van der Waals surface area contributed by atoms with E-state index in [1.54, 1.807) is 12.1 Å². The molecule has 4 nitrogen and oxygen atoms in total. The lowest BCUT2D eigenvalue weighted by Crippen LogP contribution is -2.27. The van der Waals surface area contributed by atoms with E-state index in [1.165, 1.54) is 18.4 Å². The number of halogens is 1. The van der Waals surface area contributed by atoms with E-state index >= 15 is 0 Å². The number of nitrogens with one attached hydrogen (secondary N) is 1. The van der Waals surface area contributed by atoms with Crippen LogP contribution in [0.25, 0.3) is 11.0 Å². The molecule has 126 valence electrons. The molecule has 0 amide bonds. The number of furan rings is 1. The normalized spacial score (nSPS) is 13.2. The second-order valence-corrected chi connectivity index (χ2v) is 8.02. The minimum absolute atomic E-state index is 0.00807. The molecule has 0 bridgehead atoms. The van der Waals surface area contributed by atoms with E-state index in [2.05, 4.69) is 5.32 Å². The van der Waals surface area contributed by atoms with E-state index in [-0.39, 0.29) is 17.6 Å². The highest BCUT2D eigenvalue weighted by atomic mass is 32.2. The van der Waals surface area contributed by atoms with Gasteiger partial charge in [-0.05, 0) is 29.8 Å². The monoisotopic (exact) mass is 347 g/mol. The van der Waals surface area contributed by atoms with Gasteiger partial charge in [-0.15, -0.1) is 0 Å². The van der Waals surface area contributed by atoms with Crippen LogP contribution in [0, 0.1) is 5.82 Å². The summed E-state index contributed by atoms with van der Waals surface area (Å²) in [5.41, 5.74) is 1.50. The first-order chi connectivity index (χ1) is 11.4. The predicted molar refractivity (Wildman–Crippen MR) is 91.9 cm³/mol. The fourth-order valence-electron chi connectivity index (χ4n) is 2.64. The topological polar surface area (TPSA) is 59.3 Å². The summed E-state index contributed by atoms with van der Waals surface area (Å²) in [6.07, 6.45) is 1.22. The number of sulfone groups is 1. The van der Waals surface area contributed by atoms with Crippen LogP contribution >= 0.6 is 0 Å². The van der Waals surface area contributed by atoms with Gasteiger partial charge in [-0.3, -0.25) is 0 Å². The lowest BCUT2D eigenvalue weighted by molar-refractivity contribution is 0.480. The average Bonchev–Trinajstić information content (AvgIpc) is 2.93. The quantitative estimate of drug-likeness (QED) is 0.742. The molecule has 1 atom stereocenters. The first-order valence-electron chi connectivity index (χ1n) is 7.55. The summed E-state index contributed by atoms with van der Waals surface area (Å²) >= 11 is 0. The number of hydrogen-bond donors (Lipinski definition) is 1. The third-order valence-electron chi connectivity index (χ3n) is 3.72. The lowest BCUT2D eigenvalue weighted by atomic mass is 10.1. The van der Waals surface area contributed by atoms with Crippen molar-refractivity contribution in [3.63, 3.8) is 0 Å². The van der Waals surface area contributed by atoms with Gasteiger partial charge in [0.05, 0.1) is 12.3 Å². The molecule has 3 rings (SSSR count). The molecule has 0 unspecified atom stereocenters. The molecule has 0 saturated heterocycles.